The summed E-state index contributed by atoms with van der Waals surface area (Å²) in [6, 6.07) is 6.30. The average molecular weight is 162 g/mol. The Labute approximate surface area is 73.4 Å². The molecule has 0 bridgehead atoms. The molecule has 2 heteroatoms. The summed E-state index contributed by atoms with van der Waals surface area (Å²) in [5.41, 5.74) is 1.26. The van der Waals surface area contributed by atoms with Gasteiger partial charge in [-0.1, -0.05) is 6.92 Å². The van der Waals surface area contributed by atoms with Gasteiger partial charge in [0.15, 0.2) is 0 Å². The third-order valence-electron chi connectivity index (χ3n) is 2.00. The lowest BCUT2D eigenvalue weighted by atomic mass is 10.1. The van der Waals surface area contributed by atoms with Crippen LogP contribution in [0.5, 0.6) is 0 Å². The van der Waals surface area contributed by atoms with Crippen molar-refractivity contribution < 1.29 is 0 Å². The molecule has 0 aliphatic rings. The molecular formula is C10H14N2. The molecule has 1 atom stereocenters. The second-order valence-corrected chi connectivity index (χ2v) is 3.27. The first-order chi connectivity index (χ1) is 5.74. The van der Waals surface area contributed by atoms with E-state index in [2.05, 4.69) is 36.7 Å². The van der Waals surface area contributed by atoms with Gasteiger partial charge in [0.05, 0.1) is 6.07 Å². The number of aryl methyl sites for hydroxylation is 1. The molecule has 64 valence electrons. The Bertz CT molecular complexity index is 280. The van der Waals surface area contributed by atoms with E-state index < -0.39 is 0 Å². The summed E-state index contributed by atoms with van der Waals surface area (Å²) in [4.78, 5) is 0. The lowest BCUT2D eigenvalue weighted by Crippen LogP contribution is -2.06. The van der Waals surface area contributed by atoms with Crippen LogP contribution in [0.15, 0.2) is 18.3 Å². The maximum atomic E-state index is 8.48. The van der Waals surface area contributed by atoms with Crippen molar-refractivity contribution in [1.82, 2.24) is 4.57 Å². The highest BCUT2D eigenvalue weighted by atomic mass is 15.0. The zero-order chi connectivity index (χ0) is 8.97. The van der Waals surface area contributed by atoms with Gasteiger partial charge < -0.3 is 4.57 Å². The third kappa shape index (κ3) is 2.13. The topological polar surface area (TPSA) is 28.7 Å². The molecule has 0 spiro atoms. The van der Waals surface area contributed by atoms with E-state index in [0.29, 0.717) is 12.3 Å². The summed E-state index contributed by atoms with van der Waals surface area (Å²) >= 11 is 0. The van der Waals surface area contributed by atoms with Crippen LogP contribution in [0.4, 0.5) is 0 Å². The number of rotatable bonds is 3. The van der Waals surface area contributed by atoms with Gasteiger partial charge in [-0.3, -0.25) is 0 Å². The normalized spacial score (nSPS) is 12.4. The van der Waals surface area contributed by atoms with E-state index in [1.54, 1.807) is 0 Å². The van der Waals surface area contributed by atoms with Crippen LogP contribution in [0.25, 0.3) is 0 Å². The fraction of sp³-hybridized carbons (Fsp3) is 0.500. The van der Waals surface area contributed by atoms with E-state index in [1.165, 1.54) is 5.69 Å². The molecule has 1 aromatic heterocycles. The predicted molar refractivity (Wildman–Crippen MR) is 48.6 cm³/mol. The van der Waals surface area contributed by atoms with E-state index in [0.717, 1.165) is 6.54 Å². The zero-order valence-corrected chi connectivity index (χ0v) is 7.62. The second-order valence-electron chi connectivity index (χ2n) is 3.27. The summed E-state index contributed by atoms with van der Waals surface area (Å²) < 4.78 is 2.18. The van der Waals surface area contributed by atoms with Gasteiger partial charge in [-0.05, 0) is 25.0 Å². The minimum atomic E-state index is 0.445. The molecule has 1 heterocycles. The molecule has 0 fully saturated rings. The highest BCUT2D eigenvalue weighted by Crippen LogP contribution is 2.08. The maximum Gasteiger partial charge on any atom is 0.0625 e. The number of nitriles is 1. The minimum absolute atomic E-state index is 0.445. The van der Waals surface area contributed by atoms with Gasteiger partial charge in [0.2, 0.25) is 0 Å². The molecular weight excluding hydrogens is 148 g/mol. The summed E-state index contributed by atoms with van der Waals surface area (Å²) in [5.74, 6) is 0.445. The van der Waals surface area contributed by atoms with Crippen molar-refractivity contribution >= 4 is 0 Å². The lowest BCUT2D eigenvalue weighted by molar-refractivity contribution is 0.486. The van der Waals surface area contributed by atoms with Crippen molar-refractivity contribution in [3.05, 3.63) is 24.0 Å². The Kier molecular flexibility index (Phi) is 2.93. The van der Waals surface area contributed by atoms with E-state index in [4.69, 9.17) is 5.26 Å². The van der Waals surface area contributed by atoms with E-state index >= 15 is 0 Å². The molecule has 0 saturated carbocycles. The van der Waals surface area contributed by atoms with Crippen LogP contribution in [0.3, 0.4) is 0 Å². The van der Waals surface area contributed by atoms with Gasteiger partial charge >= 0.3 is 0 Å². The first-order valence-corrected chi connectivity index (χ1v) is 4.22. The standard InChI is InChI=1S/C10H14N2/c1-9(5-6-11)8-12-7-3-4-10(12)2/h3-4,7,9H,5,8H2,1-2H3. The molecule has 1 rings (SSSR count). The number of hydrogen-bond donors (Lipinski definition) is 0. The van der Waals surface area contributed by atoms with Crippen LogP contribution < -0.4 is 0 Å². The lowest BCUT2D eigenvalue weighted by Gasteiger charge is -2.10. The molecule has 0 N–H and O–H groups in total. The molecule has 0 amide bonds. The van der Waals surface area contributed by atoms with E-state index in [1.807, 2.05) is 6.07 Å². The third-order valence-corrected chi connectivity index (χ3v) is 2.00. The van der Waals surface area contributed by atoms with Crippen LogP contribution in [-0.2, 0) is 6.54 Å². The minimum Gasteiger partial charge on any atom is -0.351 e. The number of hydrogen-bond acceptors (Lipinski definition) is 1. The van der Waals surface area contributed by atoms with Crippen LogP contribution in [0.1, 0.15) is 19.0 Å². The Hall–Kier alpha value is -1.23. The van der Waals surface area contributed by atoms with Crippen LogP contribution >= 0.6 is 0 Å². The predicted octanol–water partition coefficient (Wildman–Crippen LogP) is 2.35. The number of nitrogens with zero attached hydrogens (tertiary/aromatic N) is 2. The number of aromatic nitrogens is 1. The highest BCUT2D eigenvalue weighted by Gasteiger charge is 2.02. The molecule has 1 aromatic rings. The molecule has 1 unspecified atom stereocenters. The quantitative estimate of drug-likeness (QED) is 0.670. The maximum absolute atomic E-state index is 8.48. The van der Waals surface area contributed by atoms with Crippen molar-refractivity contribution in [3.63, 3.8) is 0 Å². The van der Waals surface area contributed by atoms with Crippen molar-refractivity contribution in [2.45, 2.75) is 26.8 Å². The summed E-state index contributed by atoms with van der Waals surface area (Å²) in [6.07, 6.45) is 2.70. The van der Waals surface area contributed by atoms with Gasteiger partial charge in [-0.2, -0.15) is 5.26 Å². The molecule has 0 aromatic carbocycles. The highest BCUT2D eigenvalue weighted by molar-refractivity contribution is 5.04. The Balaban J connectivity index is 2.53. The smallest absolute Gasteiger partial charge is 0.0625 e. The fourth-order valence-electron chi connectivity index (χ4n) is 1.26. The van der Waals surface area contributed by atoms with Crippen molar-refractivity contribution in [3.8, 4) is 6.07 Å². The summed E-state index contributed by atoms with van der Waals surface area (Å²) in [5, 5.41) is 8.48. The SMILES string of the molecule is Cc1cccn1CC(C)CC#N. The molecule has 0 aliphatic heterocycles. The first kappa shape index (κ1) is 8.86. The van der Waals surface area contributed by atoms with Crippen LogP contribution in [0, 0.1) is 24.2 Å². The van der Waals surface area contributed by atoms with Gasteiger partial charge in [-0.15, -0.1) is 0 Å². The second kappa shape index (κ2) is 3.96. The van der Waals surface area contributed by atoms with E-state index in [-0.39, 0.29) is 0 Å². The van der Waals surface area contributed by atoms with Gasteiger partial charge in [-0.25, -0.2) is 0 Å². The largest absolute Gasteiger partial charge is 0.351 e. The average Bonchev–Trinajstić information content (AvgIpc) is 2.37. The monoisotopic (exact) mass is 162 g/mol. The van der Waals surface area contributed by atoms with E-state index in [9.17, 15) is 0 Å². The summed E-state index contributed by atoms with van der Waals surface area (Å²) in [6.45, 7) is 5.13. The molecule has 12 heavy (non-hydrogen) atoms. The van der Waals surface area contributed by atoms with Crippen molar-refractivity contribution in [2.24, 2.45) is 5.92 Å². The Morgan fingerprint density at radius 1 is 1.67 bits per heavy atom. The molecule has 0 saturated heterocycles. The zero-order valence-electron chi connectivity index (χ0n) is 7.62. The molecule has 0 radical (unpaired) electrons. The van der Waals surface area contributed by atoms with Crippen LogP contribution in [0.2, 0.25) is 0 Å². The fourth-order valence-corrected chi connectivity index (χ4v) is 1.26. The van der Waals surface area contributed by atoms with Gasteiger partial charge in [0.25, 0.3) is 0 Å². The van der Waals surface area contributed by atoms with Gasteiger partial charge in [0, 0.05) is 24.9 Å². The Morgan fingerprint density at radius 3 is 2.92 bits per heavy atom. The van der Waals surface area contributed by atoms with Crippen molar-refractivity contribution in [2.75, 3.05) is 0 Å². The molecule has 0 aliphatic carbocycles. The van der Waals surface area contributed by atoms with Gasteiger partial charge in [0.1, 0.15) is 0 Å². The Morgan fingerprint density at radius 2 is 2.42 bits per heavy atom. The molecule has 2 nitrogen and oxygen atoms in total. The van der Waals surface area contributed by atoms with Crippen molar-refractivity contribution in [1.29, 1.82) is 5.26 Å². The first-order valence-electron chi connectivity index (χ1n) is 4.22. The summed E-state index contributed by atoms with van der Waals surface area (Å²) in [7, 11) is 0. The van der Waals surface area contributed by atoms with Crippen LogP contribution in [-0.4, -0.2) is 4.57 Å².